The van der Waals surface area contributed by atoms with E-state index in [4.69, 9.17) is 21.1 Å². The molecule has 0 aliphatic carbocycles. The fraction of sp³-hybridized carbons (Fsp3) is 0.227. The normalized spacial score (nSPS) is 12.4. The fourth-order valence-corrected chi connectivity index (χ4v) is 3.10. The molecule has 0 N–H and O–H groups in total. The maximum atomic E-state index is 14.7. The predicted molar refractivity (Wildman–Crippen MR) is 115 cm³/mol. The molecule has 34 heavy (non-hydrogen) atoms. The number of benzene rings is 2. The lowest BCUT2D eigenvalue weighted by Crippen LogP contribution is -2.41. The second-order valence-corrected chi connectivity index (χ2v) is 7.60. The number of hydrogen-bond acceptors (Lipinski definition) is 5. The minimum Gasteiger partial charge on any atom is -0.479 e. The average Bonchev–Trinajstić information content (AvgIpc) is 2.74. The topological polar surface area (TPSA) is 79.5 Å². The molecular weight excluding hydrogens is 484 g/mol. The maximum Gasteiger partial charge on any atom is 0.431 e. The van der Waals surface area contributed by atoms with Crippen LogP contribution in [-0.4, -0.2) is 21.0 Å². The van der Waals surface area contributed by atoms with Crippen LogP contribution in [0.15, 0.2) is 52.1 Å². The number of alkyl halides is 3. The van der Waals surface area contributed by atoms with E-state index in [0.29, 0.717) is 0 Å². The molecule has 0 saturated heterocycles. The lowest BCUT2D eigenvalue weighted by atomic mass is 10.2. The smallest absolute Gasteiger partial charge is 0.431 e. The lowest BCUT2D eigenvalue weighted by molar-refractivity contribution is -0.144. The third kappa shape index (κ3) is 4.98. The van der Waals surface area contributed by atoms with Gasteiger partial charge in [-0.2, -0.15) is 13.2 Å². The van der Waals surface area contributed by atoms with Gasteiger partial charge in [-0.1, -0.05) is 23.7 Å². The highest BCUT2D eigenvalue weighted by Gasteiger charge is 2.35. The van der Waals surface area contributed by atoms with E-state index in [-0.39, 0.29) is 43.3 Å². The molecule has 0 aliphatic rings. The van der Waals surface area contributed by atoms with Crippen LogP contribution in [0.5, 0.6) is 17.2 Å². The zero-order valence-corrected chi connectivity index (χ0v) is 18.7. The van der Waals surface area contributed by atoms with Crippen molar-refractivity contribution in [2.24, 2.45) is 7.05 Å². The van der Waals surface area contributed by atoms with Crippen LogP contribution >= 0.6 is 11.6 Å². The van der Waals surface area contributed by atoms with Gasteiger partial charge in [0, 0.05) is 19.2 Å². The van der Waals surface area contributed by atoms with Gasteiger partial charge in [0.1, 0.15) is 17.3 Å². The fourth-order valence-electron chi connectivity index (χ4n) is 2.91. The van der Waals surface area contributed by atoms with Gasteiger partial charge in [0.15, 0.2) is 23.4 Å². The lowest BCUT2D eigenvalue weighted by Gasteiger charge is -2.17. The first-order valence-electron chi connectivity index (χ1n) is 9.65. The second-order valence-electron chi connectivity index (χ2n) is 7.20. The second kappa shape index (κ2) is 9.34. The predicted octanol–water partition coefficient (Wildman–Crippen LogP) is 4.50. The van der Waals surface area contributed by atoms with E-state index >= 15 is 0 Å². The van der Waals surface area contributed by atoms with Crippen molar-refractivity contribution in [3.8, 4) is 22.9 Å². The minimum absolute atomic E-state index is 0.0720. The Balaban J connectivity index is 2.12. The summed E-state index contributed by atoms with van der Waals surface area (Å²) in [5.74, 6) is -1.41. The Hall–Kier alpha value is -3.60. The molecule has 1 unspecified atom stereocenters. The van der Waals surface area contributed by atoms with Crippen molar-refractivity contribution < 1.29 is 31.8 Å². The number of ketones is 1. The van der Waals surface area contributed by atoms with Gasteiger partial charge in [-0.3, -0.25) is 14.2 Å². The summed E-state index contributed by atoms with van der Waals surface area (Å²) in [4.78, 5) is 36.4. The summed E-state index contributed by atoms with van der Waals surface area (Å²) in [7, 11) is 0.802. The van der Waals surface area contributed by atoms with Crippen molar-refractivity contribution in [1.29, 1.82) is 0 Å². The average molecular weight is 501 g/mol. The zero-order chi connectivity index (χ0) is 25.4. The molecule has 12 heteroatoms. The van der Waals surface area contributed by atoms with Gasteiger partial charge in [0.25, 0.3) is 5.56 Å². The largest absolute Gasteiger partial charge is 0.479 e. The number of halogens is 5. The quantitative estimate of drug-likeness (QED) is 0.466. The first kappa shape index (κ1) is 25.0. The summed E-state index contributed by atoms with van der Waals surface area (Å²) in [6.45, 7) is 2.86. The molecule has 1 aromatic heterocycles. The third-order valence-corrected chi connectivity index (χ3v) is 5.09. The Bertz CT molecular complexity index is 1380. The molecular formula is C22H17ClF4N2O5. The minimum atomic E-state index is -4.97. The van der Waals surface area contributed by atoms with Crippen molar-refractivity contribution in [2.75, 3.05) is 0 Å². The SMILES string of the molecule is CC(=O)C(C)Oc1ccccc1Oc1cc(-n2c(=O)cc(C(F)(F)F)n(C)c2=O)c(F)cc1Cl. The standard InChI is InChI=1S/C22H17ClF4N2O5/c1-11(30)12(2)33-16-6-4-5-7-17(16)34-18-9-15(14(24)8-13(18)23)29-20(31)10-19(22(25,26)27)28(3)21(29)32/h4-10,12H,1-3H3. The molecule has 7 nitrogen and oxygen atoms in total. The third-order valence-electron chi connectivity index (χ3n) is 4.80. The van der Waals surface area contributed by atoms with Gasteiger partial charge in [-0.25, -0.2) is 13.8 Å². The van der Waals surface area contributed by atoms with Gasteiger partial charge in [-0.05, 0) is 32.0 Å². The summed E-state index contributed by atoms with van der Waals surface area (Å²) in [5.41, 5.74) is -4.99. The van der Waals surface area contributed by atoms with E-state index < -0.39 is 40.7 Å². The van der Waals surface area contributed by atoms with E-state index in [1.807, 2.05) is 0 Å². The molecule has 1 atom stereocenters. The van der Waals surface area contributed by atoms with E-state index in [9.17, 15) is 31.9 Å². The highest BCUT2D eigenvalue weighted by atomic mass is 35.5. The number of carbonyl (C=O) groups is 1. The van der Waals surface area contributed by atoms with Crippen molar-refractivity contribution in [1.82, 2.24) is 9.13 Å². The van der Waals surface area contributed by atoms with Gasteiger partial charge in [0.05, 0.1) is 10.7 Å². The Morgan fingerprint density at radius 1 is 1.06 bits per heavy atom. The molecule has 0 fully saturated rings. The van der Waals surface area contributed by atoms with Gasteiger partial charge >= 0.3 is 11.9 Å². The van der Waals surface area contributed by atoms with Gasteiger partial charge in [0.2, 0.25) is 0 Å². The van der Waals surface area contributed by atoms with E-state index in [0.717, 1.165) is 19.2 Å². The molecule has 0 saturated carbocycles. The number of aromatic nitrogens is 2. The molecule has 3 rings (SSSR count). The van der Waals surface area contributed by atoms with Crippen LogP contribution < -0.4 is 20.7 Å². The number of para-hydroxylation sites is 2. The van der Waals surface area contributed by atoms with E-state index in [1.54, 1.807) is 12.1 Å². The Morgan fingerprint density at radius 3 is 2.26 bits per heavy atom. The highest BCUT2D eigenvalue weighted by molar-refractivity contribution is 6.32. The first-order valence-corrected chi connectivity index (χ1v) is 10.0. The molecule has 1 heterocycles. The number of nitrogens with zero attached hydrogens (tertiary/aromatic N) is 2. The summed E-state index contributed by atoms with van der Waals surface area (Å²) < 4.78 is 65.7. The van der Waals surface area contributed by atoms with Crippen molar-refractivity contribution >= 4 is 17.4 Å². The van der Waals surface area contributed by atoms with Gasteiger partial charge < -0.3 is 9.47 Å². The molecule has 0 radical (unpaired) electrons. The van der Waals surface area contributed by atoms with E-state index in [2.05, 4.69) is 0 Å². The van der Waals surface area contributed by atoms with Crippen molar-refractivity contribution in [3.05, 3.63) is 79.8 Å². The van der Waals surface area contributed by atoms with Crippen LogP contribution in [0.2, 0.25) is 5.02 Å². The molecule has 2 aromatic carbocycles. The number of carbonyl (C=O) groups excluding carboxylic acids is 1. The molecule has 0 spiro atoms. The van der Waals surface area contributed by atoms with Crippen molar-refractivity contribution in [3.63, 3.8) is 0 Å². The monoisotopic (exact) mass is 500 g/mol. The number of rotatable bonds is 6. The number of hydrogen-bond donors (Lipinski definition) is 0. The molecule has 3 aromatic rings. The van der Waals surface area contributed by atoms with Crippen LogP contribution in [0.25, 0.3) is 5.69 Å². The Morgan fingerprint density at radius 2 is 1.68 bits per heavy atom. The number of Topliss-reactive ketones (excluding diaryl/α,β-unsaturated/α-hetero) is 1. The van der Waals surface area contributed by atoms with Crippen LogP contribution in [0.1, 0.15) is 19.5 Å². The summed E-state index contributed by atoms with van der Waals surface area (Å²) in [6, 6.07) is 7.99. The highest BCUT2D eigenvalue weighted by Crippen LogP contribution is 2.37. The maximum absolute atomic E-state index is 14.7. The number of ether oxygens (including phenoxy) is 2. The zero-order valence-electron chi connectivity index (χ0n) is 17.9. The Kier molecular flexibility index (Phi) is 6.87. The molecule has 0 aliphatic heterocycles. The van der Waals surface area contributed by atoms with Crippen LogP contribution in [0, 0.1) is 5.82 Å². The first-order chi connectivity index (χ1) is 15.8. The summed E-state index contributed by atoms with van der Waals surface area (Å²) in [5, 5.41) is -0.257. The Labute approximate surface area is 194 Å². The van der Waals surface area contributed by atoms with Crippen LogP contribution in [0.4, 0.5) is 17.6 Å². The molecule has 0 bridgehead atoms. The van der Waals surface area contributed by atoms with Crippen LogP contribution in [0.3, 0.4) is 0 Å². The molecule has 0 amide bonds. The summed E-state index contributed by atoms with van der Waals surface area (Å²) >= 11 is 6.06. The van der Waals surface area contributed by atoms with Crippen LogP contribution in [-0.2, 0) is 18.0 Å². The van der Waals surface area contributed by atoms with E-state index in [1.165, 1.54) is 26.0 Å². The summed E-state index contributed by atoms with van der Waals surface area (Å²) in [6.07, 6.45) is -5.78. The molecule has 180 valence electrons. The van der Waals surface area contributed by atoms with Crippen molar-refractivity contribution in [2.45, 2.75) is 26.1 Å². The van der Waals surface area contributed by atoms with Gasteiger partial charge in [-0.15, -0.1) is 0 Å².